The molecule has 1 atom stereocenters. The molecule has 1 unspecified atom stereocenters. The van der Waals surface area contributed by atoms with E-state index in [1.807, 2.05) is 20.8 Å². The molecule has 0 radical (unpaired) electrons. The molecule has 1 aromatic heterocycles. The van der Waals surface area contributed by atoms with Crippen LogP contribution in [0.2, 0.25) is 0 Å². The summed E-state index contributed by atoms with van der Waals surface area (Å²) >= 11 is 0. The molecule has 1 aromatic carbocycles. The lowest BCUT2D eigenvalue weighted by Crippen LogP contribution is -2.27. The molecule has 5 nitrogen and oxygen atoms in total. The molecule has 2 N–H and O–H groups in total. The molecule has 0 saturated carbocycles. The van der Waals surface area contributed by atoms with Crippen LogP contribution in [0, 0.1) is 13.8 Å². The molecule has 0 aliphatic heterocycles. The molecule has 1 amide bonds. The predicted molar refractivity (Wildman–Crippen MR) is 68.2 cm³/mol. The first-order valence-electron chi connectivity index (χ1n) is 5.81. The second kappa shape index (κ2) is 5.00. The van der Waals surface area contributed by atoms with Crippen LogP contribution in [0.15, 0.2) is 24.4 Å². The van der Waals surface area contributed by atoms with Crippen molar-refractivity contribution in [3.05, 3.63) is 46.8 Å². The Morgan fingerprint density at radius 2 is 2.17 bits per heavy atom. The number of aryl methyl sites for hydroxylation is 2. The summed E-state index contributed by atoms with van der Waals surface area (Å²) in [7, 11) is 0. The molecule has 0 aliphatic rings. The fourth-order valence-corrected chi connectivity index (χ4v) is 1.89. The third kappa shape index (κ3) is 2.56. The van der Waals surface area contributed by atoms with Gasteiger partial charge in [0.15, 0.2) is 5.69 Å². The number of carbonyl (C=O) groups is 1. The standard InChI is InChI=1S/C13H16N4O/c1-8-4-5-9(2)11(6-8)10(3)15-13(18)12-7-14-17-16-12/h4-7,10H,1-3H3,(H,15,18)(H,14,16,17). The second-order valence-corrected chi connectivity index (χ2v) is 4.41. The van der Waals surface area contributed by atoms with E-state index in [4.69, 9.17) is 0 Å². The lowest BCUT2D eigenvalue weighted by Gasteiger charge is -2.16. The summed E-state index contributed by atoms with van der Waals surface area (Å²) in [6.45, 7) is 6.03. The third-order valence-electron chi connectivity index (χ3n) is 2.90. The van der Waals surface area contributed by atoms with Crippen molar-refractivity contribution in [1.82, 2.24) is 20.7 Å². The molecule has 2 aromatic rings. The number of rotatable bonds is 3. The molecule has 0 fully saturated rings. The van der Waals surface area contributed by atoms with Crippen LogP contribution in [0.25, 0.3) is 0 Å². The summed E-state index contributed by atoms with van der Waals surface area (Å²) in [4.78, 5) is 11.9. The number of hydrogen-bond donors (Lipinski definition) is 2. The zero-order chi connectivity index (χ0) is 13.1. The number of aromatic nitrogens is 3. The highest BCUT2D eigenvalue weighted by atomic mass is 16.2. The van der Waals surface area contributed by atoms with Crippen LogP contribution in [-0.2, 0) is 0 Å². The third-order valence-corrected chi connectivity index (χ3v) is 2.90. The highest BCUT2D eigenvalue weighted by Crippen LogP contribution is 2.19. The van der Waals surface area contributed by atoms with E-state index in [0.29, 0.717) is 5.69 Å². The summed E-state index contributed by atoms with van der Waals surface area (Å²) in [6.07, 6.45) is 1.41. The molecule has 2 rings (SSSR count). The first kappa shape index (κ1) is 12.3. The van der Waals surface area contributed by atoms with Crippen LogP contribution in [0.5, 0.6) is 0 Å². The molecule has 0 saturated heterocycles. The van der Waals surface area contributed by atoms with Gasteiger partial charge in [0.1, 0.15) is 0 Å². The number of nitrogens with zero attached hydrogens (tertiary/aromatic N) is 2. The molecular formula is C13H16N4O. The summed E-state index contributed by atoms with van der Waals surface area (Å²) < 4.78 is 0. The number of benzene rings is 1. The summed E-state index contributed by atoms with van der Waals surface area (Å²) in [5, 5.41) is 12.7. The van der Waals surface area contributed by atoms with Gasteiger partial charge in [-0.25, -0.2) is 0 Å². The maximum atomic E-state index is 11.9. The van der Waals surface area contributed by atoms with Crippen LogP contribution >= 0.6 is 0 Å². The van der Waals surface area contributed by atoms with Crippen molar-refractivity contribution in [3.8, 4) is 0 Å². The minimum atomic E-state index is -0.225. The van der Waals surface area contributed by atoms with Crippen LogP contribution in [0.3, 0.4) is 0 Å². The van der Waals surface area contributed by atoms with Crippen molar-refractivity contribution in [1.29, 1.82) is 0 Å². The van der Waals surface area contributed by atoms with Crippen molar-refractivity contribution >= 4 is 5.91 Å². The van der Waals surface area contributed by atoms with Crippen molar-refractivity contribution in [2.24, 2.45) is 0 Å². The molecule has 1 heterocycles. The van der Waals surface area contributed by atoms with Crippen molar-refractivity contribution in [3.63, 3.8) is 0 Å². The second-order valence-electron chi connectivity index (χ2n) is 4.41. The first-order chi connectivity index (χ1) is 8.58. The van der Waals surface area contributed by atoms with E-state index < -0.39 is 0 Å². The number of aromatic amines is 1. The molecule has 0 spiro atoms. The van der Waals surface area contributed by atoms with E-state index >= 15 is 0 Å². The van der Waals surface area contributed by atoms with Gasteiger partial charge in [-0.15, -0.1) is 0 Å². The van der Waals surface area contributed by atoms with E-state index in [-0.39, 0.29) is 11.9 Å². The Hall–Kier alpha value is -2.17. The van der Waals surface area contributed by atoms with Gasteiger partial charge in [0.25, 0.3) is 5.91 Å². The van der Waals surface area contributed by atoms with Crippen LogP contribution < -0.4 is 5.32 Å². The molecule has 0 aliphatic carbocycles. The number of hydrogen-bond acceptors (Lipinski definition) is 3. The van der Waals surface area contributed by atoms with Crippen LogP contribution in [-0.4, -0.2) is 21.3 Å². The Balaban J connectivity index is 2.14. The van der Waals surface area contributed by atoms with Gasteiger partial charge in [0, 0.05) is 0 Å². The molecule has 5 heteroatoms. The van der Waals surface area contributed by atoms with Gasteiger partial charge in [-0.1, -0.05) is 23.8 Å². The van der Waals surface area contributed by atoms with Crippen molar-refractivity contribution in [2.75, 3.05) is 0 Å². The SMILES string of the molecule is Cc1ccc(C)c(C(C)NC(=O)c2cn[nH]n2)c1. The zero-order valence-electron chi connectivity index (χ0n) is 10.7. The minimum absolute atomic E-state index is 0.0610. The predicted octanol–water partition coefficient (Wildman–Crippen LogP) is 1.91. The van der Waals surface area contributed by atoms with Crippen molar-refractivity contribution in [2.45, 2.75) is 26.8 Å². The quantitative estimate of drug-likeness (QED) is 0.866. The van der Waals surface area contributed by atoms with E-state index in [0.717, 1.165) is 11.1 Å². The maximum Gasteiger partial charge on any atom is 0.273 e. The minimum Gasteiger partial charge on any atom is -0.344 e. The monoisotopic (exact) mass is 244 g/mol. The average Bonchev–Trinajstić information content (AvgIpc) is 2.85. The molecule has 0 bridgehead atoms. The van der Waals surface area contributed by atoms with Gasteiger partial charge in [0.05, 0.1) is 12.2 Å². The smallest absolute Gasteiger partial charge is 0.273 e. The van der Waals surface area contributed by atoms with E-state index in [9.17, 15) is 4.79 Å². The van der Waals surface area contributed by atoms with Crippen LogP contribution in [0.1, 0.15) is 40.1 Å². The highest BCUT2D eigenvalue weighted by Gasteiger charge is 2.14. The Labute approximate surface area is 106 Å². The van der Waals surface area contributed by atoms with Crippen LogP contribution in [0.4, 0.5) is 0 Å². The number of carbonyl (C=O) groups excluding carboxylic acids is 1. The Bertz CT molecular complexity index is 548. The van der Waals surface area contributed by atoms with Gasteiger partial charge in [-0.2, -0.15) is 15.4 Å². The Morgan fingerprint density at radius 1 is 1.39 bits per heavy atom. The van der Waals surface area contributed by atoms with Crippen molar-refractivity contribution < 1.29 is 4.79 Å². The number of H-pyrrole nitrogens is 1. The fourth-order valence-electron chi connectivity index (χ4n) is 1.89. The maximum absolute atomic E-state index is 11.9. The van der Waals surface area contributed by atoms with E-state index in [1.165, 1.54) is 11.8 Å². The van der Waals surface area contributed by atoms with E-state index in [2.05, 4.69) is 38.9 Å². The molecular weight excluding hydrogens is 228 g/mol. The largest absolute Gasteiger partial charge is 0.344 e. The number of nitrogens with one attached hydrogen (secondary N) is 2. The van der Waals surface area contributed by atoms with Gasteiger partial charge in [-0.3, -0.25) is 4.79 Å². The molecule has 94 valence electrons. The van der Waals surface area contributed by atoms with Gasteiger partial charge in [0.2, 0.25) is 0 Å². The highest BCUT2D eigenvalue weighted by molar-refractivity contribution is 5.92. The fraction of sp³-hybridized carbons (Fsp3) is 0.308. The first-order valence-corrected chi connectivity index (χ1v) is 5.81. The summed E-state index contributed by atoms with van der Waals surface area (Å²) in [6, 6.07) is 6.14. The number of amides is 1. The average molecular weight is 244 g/mol. The lowest BCUT2D eigenvalue weighted by molar-refractivity contribution is 0.0934. The van der Waals surface area contributed by atoms with Gasteiger partial charge >= 0.3 is 0 Å². The molecule has 18 heavy (non-hydrogen) atoms. The Morgan fingerprint density at radius 3 is 2.83 bits per heavy atom. The summed E-state index contributed by atoms with van der Waals surface area (Å²) in [5.41, 5.74) is 3.76. The van der Waals surface area contributed by atoms with E-state index in [1.54, 1.807) is 0 Å². The Kier molecular flexibility index (Phi) is 3.41. The summed E-state index contributed by atoms with van der Waals surface area (Å²) in [5.74, 6) is -0.225. The normalized spacial score (nSPS) is 12.2. The zero-order valence-corrected chi connectivity index (χ0v) is 10.7. The lowest BCUT2D eigenvalue weighted by atomic mass is 10.00. The van der Waals surface area contributed by atoms with Gasteiger partial charge < -0.3 is 5.32 Å². The topological polar surface area (TPSA) is 70.7 Å². The van der Waals surface area contributed by atoms with Gasteiger partial charge in [-0.05, 0) is 31.9 Å².